The van der Waals surface area contributed by atoms with Crippen molar-refractivity contribution < 1.29 is 14.3 Å². The number of likely N-dealkylation sites (N-methyl/N-ethyl adjacent to an activating group) is 1. The lowest BCUT2D eigenvalue weighted by molar-refractivity contribution is -0.135. The number of rotatable bonds is 15. The first-order valence-corrected chi connectivity index (χ1v) is 14.1. The van der Waals surface area contributed by atoms with E-state index in [9.17, 15) is 9.59 Å². The molecule has 2 amide bonds. The molecular formula is C32H45N3O3. The minimum atomic E-state index is -0.492. The van der Waals surface area contributed by atoms with Gasteiger partial charge in [0.1, 0.15) is 11.8 Å². The highest BCUT2D eigenvalue weighted by Gasteiger charge is 2.25. The van der Waals surface area contributed by atoms with Gasteiger partial charge in [-0.3, -0.25) is 9.59 Å². The smallest absolute Gasteiger partial charge is 0.244 e. The number of hydrogen-bond acceptors (Lipinski definition) is 3. The normalized spacial score (nSPS) is 11.9. The fourth-order valence-corrected chi connectivity index (χ4v) is 5.06. The monoisotopic (exact) mass is 519 g/mol. The van der Waals surface area contributed by atoms with Crippen molar-refractivity contribution >= 4 is 22.7 Å². The summed E-state index contributed by atoms with van der Waals surface area (Å²) in [6.45, 7) is 7.80. The van der Waals surface area contributed by atoms with E-state index in [-0.39, 0.29) is 18.2 Å². The molecule has 0 radical (unpaired) electrons. The summed E-state index contributed by atoms with van der Waals surface area (Å²) in [5.74, 6) is 0.651. The predicted molar refractivity (Wildman–Crippen MR) is 156 cm³/mol. The third-order valence-electron chi connectivity index (χ3n) is 7.39. The molecule has 1 heterocycles. The summed E-state index contributed by atoms with van der Waals surface area (Å²) in [5, 5.41) is 4.12. The van der Waals surface area contributed by atoms with E-state index >= 15 is 0 Å². The molecule has 6 nitrogen and oxygen atoms in total. The summed E-state index contributed by atoms with van der Waals surface area (Å²) in [5.41, 5.74) is 4.30. The Bertz CT molecular complexity index is 1190. The number of fused-ring (bicyclic) bond motifs is 1. The molecule has 38 heavy (non-hydrogen) atoms. The van der Waals surface area contributed by atoms with Gasteiger partial charge in [-0.15, -0.1) is 0 Å². The Hall–Kier alpha value is -3.28. The van der Waals surface area contributed by atoms with Gasteiger partial charge in [0.05, 0.1) is 13.5 Å². The number of unbranched alkanes of at least 4 members (excludes halogenated alkanes) is 4. The van der Waals surface area contributed by atoms with Crippen molar-refractivity contribution in [2.45, 2.75) is 84.7 Å². The van der Waals surface area contributed by atoms with Crippen molar-refractivity contribution in [1.29, 1.82) is 0 Å². The molecule has 0 fully saturated rings. The number of nitrogens with zero attached hydrogens (tertiary/aromatic N) is 2. The molecule has 1 atom stereocenters. The molecule has 0 aliphatic rings. The van der Waals surface area contributed by atoms with Gasteiger partial charge in [0.15, 0.2) is 0 Å². The topological polar surface area (TPSA) is 63.6 Å². The molecule has 1 unspecified atom stereocenters. The Morgan fingerprint density at radius 1 is 1.00 bits per heavy atom. The van der Waals surface area contributed by atoms with Crippen LogP contribution in [0.5, 0.6) is 5.75 Å². The van der Waals surface area contributed by atoms with Gasteiger partial charge in [-0.2, -0.15) is 0 Å². The van der Waals surface area contributed by atoms with E-state index in [2.05, 4.69) is 48.9 Å². The van der Waals surface area contributed by atoms with E-state index in [1.54, 1.807) is 12.0 Å². The number of ether oxygens (including phenoxy) is 1. The molecule has 1 N–H and O–H groups in total. The Morgan fingerprint density at radius 2 is 1.74 bits per heavy atom. The number of benzene rings is 2. The summed E-state index contributed by atoms with van der Waals surface area (Å²) in [7, 11) is 3.50. The maximum absolute atomic E-state index is 13.4. The molecule has 0 spiro atoms. The first kappa shape index (κ1) is 29.3. The second-order valence-corrected chi connectivity index (χ2v) is 10.3. The van der Waals surface area contributed by atoms with E-state index in [1.807, 2.05) is 37.4 Å². The molecule has 0 aliphatic carbocycles. The van der Waals surface area contributed by atoms with Gasteiger partial charge in [0.25, 0.3) is 0 Å². The summed E-state index contributed by atoms with van der Waals surface area (Å²) in [6, 6.07) is 15.9. The van der Waals surface area contributed by atoms with Gasteiger partial charge >= 0.3 is 0 Å². The molecule has 0 saturated carbocycles. The fourth-order valence-electron chi connectivity index (χ4n) is 5.06. The molecule has 3 aromatic rings. The highest BCUT2D eigenvalue weighted by molar-refractivity contribution is 5.93. The van der Waals surface area contributed by atoms with E-state index in [1.165, 1.54) is 5.56 Å². The lowest BCUT2D eigenvalue weighted by Crippen LogP contribution is -2.48. The Labute approximate surface area is 228 Å². The Kier molecular flexibility index (Phi) is 11.3. The van der Waals surface area contributed by atoms with Gasteiger partial charge in [-0.25, -0.2) is 0 Å². The SMILES string of the molecule is CCCCCCC(NC(=O)Cc1c(C)n(Cc2ccccc2)c2ccc(OC)cc12)C(=O)N(C)CCCC. The standard InChI is InChI=1S/C32H45N3O3/c1-6-8-10-14-17-29(32(37)34(4)20-9-7-2)33-31(36)22-27-24(3)35(23-25-15-12-11-13-16-25)30-19-18-26(38-5)21-28(27)30/h11-13,15-16,18-19,21,29H,6-10,14,17,20,22-23H2,1-5H3,(H,33,36). The van der Waals surface area contributed by atoms with E-state index in [0.29, 0.717) is 13.0 Å². The summed E-state index contributed by atoms with van der Waals surface area (Å²) in [4.78, 5) is 28.5. The number of hydrogen-bond donors (Lipinski definition) is 1. The van der Waals surface area contributed by atoms with Gasteiger partial charge in [-0.05, 0) is 49.1 Å². The van der Waals surface area contributed by atoms with Crippen LogP contribution in [0.3, 0.4) is 0 Å². The zero-order valence-electron chi connectivity index (χ0n) is 23.9. The number of amides is 2. The summed E-state index contributed by atoms with van der Waals surface area (Å²) >= 11 is 0. The minimum absolute atomic E-state index is 0.00759. The fraction of sp³-hybridized carbons (Fsp3) is 0.500. The van der Waals surface area contributed by atoms with E-state index in [0.717, 1.165) is 73.0 Å². The predicted octanol–water partition coefficient (Wildman–Crippen LogP) is 6.26. The average Bonchev–Trinajstić information content (AvgIpc) is 3.18. The first-order chi connectivity index (χ1) is 18.4. The van der Waals surface area contributed by atoms with E-state index < -0.39 is 6.04 Å². The van der Waals surface area contributed by atoms with Crippen molar-refractivity contribution in [2.75, 3.05) is 20.7 Å². The zero-order valence-corrected chi connectivity index (χ0v) is 23.9. The van der Waals surface area contributed by atoms with Crippen LogP contribution in [-0.4, -0.2) is 48.0 Å². The molecule has 0 saturated heterocycles. The van der Waals surface area contributed by atoms with Crippen molar-refractivity contribution in [2.24, 2.45) is 0 Å². The first-order valence-electron chi connectivity index (χ1n) is 14.1. The lowest BCUT2D eigenvalue weighted by atomic mass is 10.0. The Morgan fingerprint density at radius 3 is 2.42 bits per heavy atom. The van der Waals surface area contributed by atoms with Crippen LogP contribution in [0.25, 0.3) is 10.9 Å². The number of nitrogens with one attached hydrogen (secondary N) is 1. The molecular weight excluding hydrogens is 474 g/mol. The van der Waals surface area contributed by atoms with Crippen molar-refractivity contribution in [3.05, 3.63) is 65.4 Å². The van der Waals surface area contributed by atoms with Gasteiger partial charge in [0, 0.05) is 36.7 Å². The van der Waals surface area contributed by atoms with Crippen LogP contribution in [0.2, 0.25) is 0 Å². The van der Waals surface area contributed by atoms with Crippen LogP contribution in [-0.2, 0) is 22.6 Å². The second kappa shape index (κ2) is 14.6. The van der Waals surface area contributed by atoms with Crippen molar-refractivity contribution in [1.82, 2.24) is 14.8 Å². The number of carbonyl (C=O) groups is 2. The van der Waals surface area contributed by atoms with Gasteiger partial charge in [-0.1, -0.05) is 76.3 Å². The van der Waals surface area contributed by atoms with Crippen LogP contribution >= 0.6 is 0 Å². The molecule has 2 aromatic carbocycles. The molecule has 6 heteroatoms. The van der Waals surface area contributed by atoms with Crippen LogP contribution in [0.4, 0.5) is 0 Å². The maximum Gasteiger partial charge on any atom is 0.244 e. The van der Waals surface area contributed by atoms with Crippen LogP contribution in [0, 0.1) is 6.92 Å². The Balaban J connectivity index is 1.85. The molecule has 0 aliphatic heterocycles. The summed E-state index contributed by atoms with van der Waals surface area (Å²) < 4.78 is 7.77. The van der Waals surface area contributed by atoms with Crippen molar-refractivity contribution in [3.63, 3.8) is 0 Å². The van der Waals surface area contributed by atoms with Gasteiger partial charge in [0.2, 0.25) is 11.8 Å². The van der Waals surface area contributed by atoms with Crippen LogP contribution < -0.4 is 10.1 Å². The van der Waals surface area contributed by atoms with Crippen LogP contribution in [0.15, 0.2) is 48.5 Å². The third kappa shape index (κ3) is 7.62. The van der Waals surface area contributed by atoms with Crippen molar-refractivity contribution in [3.8, 4) is 5.75 Å². The molecule has 206 valence electrons. The minimum Gasteiger partial charge on any atom is -0.497 e. The zero-order chi connectivity index (χ0) is 27.5. The average molecular weight is 520 g/mol. The molecule has 3 rings (SSSR count). The van der Waals surface area contributed by atoms with Crippen LogP contribution in [0.1, 0.15) is 75.6 Å². The third-order valence-corrected chi connectivity index (χ3v) is 7.39. The highest BCUT2D eigenvalue weighted by Crippen LogP contribution is 2.30. The number of aromatic nitrogens is 1. The largest absolute Gasteiger partial charge is 0.497 e. The van der Waals surface area contributed by atoms with Gasteiger partial charge < -0.3 is 19.5 Å². The molecule has 0 bridgehead atoms. The van der Waals surface area contributed by atoms with E-state index in [4.69, 9.17) is 4.74 Å². The summed E-state index contributed by atoms with van der Waals surface area (Å²) in [6.07, 6.45) is 7.15. The number of carbonyl (C=O) groups excluding carboxylic acids is 2. The quantitative estimate of drug-likeness (QED) is 0.241. The second-order valence-electron chi connectivity index (χ2n) is 10.3. The number of methoxy groups -OCH3 is 1. The lowest BCUT2D eigenvalue weighted by Gasteiger charge is -2.25. The maximum atomic E-state index is 13.4. The highest BCUT2D eigenvalue weighted by atomic mass is 16.5. The molecule has 1 aromatic heterocycles.